The van der Waals surface area contributed by atoms with E-state index in [1.165, 1.54) is 5.56 Å². The van der Waals surface area contributed by atoms with Gasteiger partial charge in [-0.05, 0) is 30.9 Å². The minimum Gasteiger partial charge on any atom is -0.493 e. The van der Waals surface area contributed by atoms with Gasteiger partial charge in [-0.25, -0.2) is 4.99 Å². The monoisotopic (exact) mass is 435 g/mol. The van der Waals surface area contributed by atoms with Crippen molar-refractivity contribution in [3.8, 4) is 5.75 Å². The molecule has 0 aliphatic rings. The molecule has 1 rings (SSSR count). The first kappa shape index (κ1) is 22.0. The van der Waals surface area contributed by atoms with E-state index in [-0.39, 0.29) is 24.0 Å². The fourth-order valence-electron chi connectivity index (χ4n) is 1.84. The van der Waals surface area contributed by atoms with Crippen molar-refractivity contribution in [3.05, 3.63) is 29.3 Å². The van der Waals surface area contributed by atoms with Crippen molar-refractivity contribution in [2.75, 3.05) is 26.9 Å². The molecular formula is C17H30IN3O2. The third kappa shape index (κ3) is 9.65. The summed E-state index contributed by atoms with van der Waals surface area (Å²) in [5.41, 5.74) is 8.05. The standard InChI is InChI=1S/C17H29N3O2.HI/c1-13(2)7-9-22-16-11-14(3)5-6-15(16)12-20-17(18)19-8-10-21-4;/h5-6,11,13H,7-10,12H2,1-4H3,(H3,18,19,20);1H. The molecule has 0 aromatic heterocycles. The summed E-state index contributed by atoms with van der Waals surface area (Å²) in [5.74, 6) is 1.95. The Bertz CT molecular complexity index is 479. The third-order valence-corrected chi connectivity index (χ3v) is 3.21. The minimum atomic E-state index is 0. The van der Waals surface area contributed by atoms with Crippen molar-refractivity contribution in [2.45, 2.75) is 33.7 Å². The fraction of sp³-hybridized carbons (Fsp3) is 0.588. The van der Waals surface area contributed by atoms with E-state index in [1.54, 1.807) is 7.11 Å². The van der Waals surface area contributed by atoms with Crippen LogP contribution in [0.1, 0.15) is 31.4 Å². The second-order valence-electron chi connectivity index (χ2n) is 5.76. The number of nitrogens with one attached hydrogen (secondary N) is 1. The van der Waals surface area contributed by atoms with E-state index in [2.05, 4.69) is 43.2 Å². The number of aryl methyl sites for hydroxylation is 1. The predicted molar refractivity (Wildman–Crippen MR) is 107 cm³/mol. The Kier molecular flexibility index (Phi) is 11.9. The first-order valence-corrected chi connectivity index (χ1v) is 7.78. The predicted octanol–water partition coefficient (Wildman–Crippen LogP) is 3.09. The Balaban J connectivity index is 0.00000484. The van der Waals surface area contributed by atoms with Crippen molar-refractivity contribution in [1.82, 2.24) is 5.32 Å². The molecule has 0 saturated heterocycles. The average molecular weight is 435 g/mol. The molecule has 1 aromatic rings. The van der Waals surface area contributed by atoms with Gasteiger partial charge < -0.3 is 20.5 Å². The lowest BCUT2D eigenvalue weighted by Gasteiger charge is -2.13. The van der Waals surface area contributed by atoms with Gasteiger partial charge in [-0.2, -0.15) is 0 Å². The highest BCUT2D eigenvalue weighted by Crippen LogP contribution is 2.21. The summed E-state index contributed by atoms with van der Waals surface area (Å²) in [6.07, 6.45) is 1.04. The van der Waals surface area contributed by atoms with Crippen LogP contribution in [0.4, 0.5) is 0 Å². The number of nitrogens with zero attached hydrogens (tertiary/aromatic N) is 1. The summed E-state index contributed by atoms with van der Waals surface area (Å²) in [6, 6.07) is 6.17. The summed E-state index contributed by atoms with van der Waals surface area (Å²) in [5, 5.41) is 3.00. The zero-order chi connectivity index (χ0) is 16.4. The zero-order valence-electron chi connectivity index (χ0n) is 14.6. The van der Waals surface area contributed by atoms with Gasteiger partial charge in [0.2, 0.25) is 0 Å². The lowest BCUT2D eigenvalue weighted by Crippen LogP contribution is -2.34. The van der Waals surface area contributed by atoms with E-state index >= 15 is 0 Å². The smallest absolute Gasteiger partial charge is 0.189 e. The van der Waals surface area contributed by atoms with Crippen LogP contribution in [0.25, 0.3) is 0 Å². The van der Waals surface area contributed by atoms with Gasteiger partial charge in [0.05, 0.1) is 19.8 Å². The highest BCUT2D eigenvalue weighted by atomic mass is 127. The quantitative estimate of drug-likeness (QED) is 0.271. The summed E-state index contributed by atoms with van der Waals surface area (Å²) < 4.78 is 10.9. The number of methoxy groups -OCH3 is 1. The van der Waals surface area contributed by atoms with Crippen LogP contribution < -0.4 is 15.8 Å². The summed E-state index contributed by atoms with van der Waals surface area (Å²) in [4.78, 5) is 4.35. The van der Waals surface area contributed by atoms with Crippen LogP contribution in [-0.4, -0.2) is 32.8 Å². The van der Waals surface area contributed by atoms with E-state index in [0.717, 1.165) is 24.3 Å². The van der Waals surface area contributed by atoms with E-state index in [0.29, 0.717) is 31.6 Å². The molecule has 0 unspecified atom stereocenters. The maximum Gasteiger partial charge on any atom is 0.189 e. The average Bonchev–Trinajstić information content (AvgIpc) is 2.46. The topological polar surface area (TPSA) is 68.9 Å². The van der Waals surface area contributed by atoms with Crippen molar-refractivity contribution in [3.63, 3.8) is 0 Å². The maximum absolute atomic E-state index is 5.91. The Morgan fingerprint density at radius 1 is 1.30 bits per heavy atom. The van der Waals surface area contributed by atoms with Gasteiger partial charge in [0.15, 0.2) is 5.96 Å². The number of rotatable bonds is 9. The number of hydrogen-bond donors (Lipinski definition) is 2. The molecule has 0 saturated carbocycles. The van der Waals surface area contributed by atoms with E-state index < -0.39 is 0 Å². The molecule has 5 nitrogen and oxygen atoms in total. The number of halogens is 1. The van der Waals surface area contributed by atoms with Crippen LogP contribution in [0.3, 0.4) is 0 Å². The van der Waals surface area contributed by atoms with Crippen LogP contribution in [0.2, 0.25) is 0 Å². The van der Waals surface area contributed by atoms with Crippen LogP contribution >= 0.6 is 24.0 Å². The SMILES string of the molecule is COCCNC(N)=NCc1ccc(C)cc1OCCC(C)C.I. The van der Waals surface area contributed by atoms with Gasteiger partial charge in [-0.3, -0.25) is 0 Å². The zero-order valence-corrected chi connectivity index (χ0v) is 16.9. The fourth-order valence-corrected chi connectivity index (χ4v) is 1.84. The van der Waals surface area contributed by atoms with Crippen LogP contribution in [0.15, 0.2) is 23.2 Å². The first-order chi connectivity index (χ1) is 10.5. The molecule has 1 aromatic carbocycles. The molecule has 0 fully saturated rings. The number of hydrogen-bond acceptors (Lipinski definition) is 3. The van der Waals surface area contributed by atoms with Gasteiger partial charge in [-0.1, -0.05) is 26.0 Å². The van der Waals surface area contributed by atoms with Gasteiger partial charge >= 0.3 is 0 Å². The summed E-state index contributed by atoms with van der Waals surface area (Å²) in [7, 11) is 1.65. The van der Waals surface area contributed by atoms with Crippen molar-refractivity contribution < 1.29 is 9.47 Å². The summed E-state index contributed by atoms with van der Waals surface area (Å²) in [6.45, 7) is 8.92. The van der Waals surface area contributed by atoms with E-state index in [9.17, 15) is 0 Å². The van der Waals surface area contributed by atoms with Crippen LogP contribution in [0, 0.1) is 12.8 Å². The Morgan fingerprint density at radius 3 is 2.70 bits per heavy atom. The third-order valence-electron chi connectivity index (χ3n) is 3.21. The molecule has 0 spiro atoms. The number of guanidine groups is 1. The summed E-state index contributed by atoms with van der Waals surface area (Å²) >= 11 is 0. The molecule has 0 heterocycles. The molecule has 6 heteroatoms. The van der Waals surface area contributed by atoms with Crippen molar-refractivity contribution in [1.29, 1.82) is 0 Å². The number of benzene rings is 1. The highest BCUT2D eigenvalue weighted by Gasteiger charge is 2.05. The first-order valence-electron chi connectivity index (χ1n) is 7.78. The number of ether oxygens (including phenoxy) is 2. The molecule has 0 atom stereocenters. The lowest BCUT2D eigenvalue weighted by atomic mass is 10.1. The van der Waals surface area contributed by atoms with Crippen LogP contribution in [-0.2, 0) is 11.3 Å². The normalized spacial score (nSPS) is 11.3. The molecule has 0 radical (unpaired) electrons. The van der Waals surface area contributed by atoms with Crippen molar-refractivity contribution in [2.24, 2.45) is 16.6 Å². The second kappa shape index (κ2) is 12.4. The molecule has 0 aliphatic heterocycles. The van der Waals surface area contributed by atoms with Gasteiger partial charge in [0.1, 0.15) is 5.75 Å². The molecule has 3 N–H and O–H groups in total. The van der Waals surface area contributed by atoms with E-state index in [4.69, 9.17) is 15.2 Å². The van der Waals surface area contributed by atoms with Gasteiger partial charge in [0.25, 0.3) is 0 Å². The highest BCUT2D eigenvalue weighted by molar-refractivity contribution is 14.0. The molecule has 132 valence electrons. The second-order valence-corrected chi connectivity index (χ2v) is 5.76. The maximum atomic E-state index is 5.91. The van der Waals surface area contributed by atoms with E-state index in [1.807, 2.05) is 6.07 Å². The number of nitrogens with two attached hydrogens (primary N) is 1. The van der Waals surface area contributed by atoms with Crippen molar-refractivity contribution >= 4 is 29.9 Å². The Labute approximate surface area is 157 Å². The Morgan fingerprint density at radius 2 is 2.04 bits per heavy atom. The molecule has 0 aliphatic carbocycles. The lowest BCUT2D eigenvalue weighted by molar-refractivity contribution is 0.204. The molecule has 23 heavy (non-hydrogen) atoms. The number of aliphatic imine (C=N–C) groups is 1. The van der Waals surface area contributed by atoms with Gasteiger partial charge in [0, 0.05) is 19.2 Å². The largest absolute Gasteiger partial charge is 0.493 e. The minimum absolute atomic E-state index is 0. The molecule has 0 amide bonds. The Hall–Kier alpha value is -1.02. The van der Waals surface area contributed by atoms with Gasteiger partial charge in [-0.15, -0.1) is 24.0 Å². The molecule has 0 bridgehead atoms. The molecular weight excluding hydrogens is 405 g/mol. The van der Waals surface area contributed by atoms with Crippen LogP contribution in [0.5, 0.6) is 5.75 Å².